The molecule has 0 fully saturated rings. The molecular weight excluding hydrogens is 242 g/mol. The average Bonchev–Trinajstić information content (AvgIpc) is 2.84. The minimum absolute atomic E-state index is 0.0298. The van der Waals surface area contributed by atoms with Crippen LogP contribution in [0.3, 0.4) is 0 Å². The quantitative estimate of drug-likeness (QED) is 0.852. The highest BCUT2D eigenvalue weighted by Gasteiger charge is 2.17. The van der Waals surface area contributed by atoms with Gasteiger partial charge in [0.25, 0.3) is 5.91 Å². The predicted molar refractivity (Wildman–Crippen MR) is 72.7 cm³/mol. The molecule has 104 valence electrons. The molecule has 2 N–H and O–H groups in total. The van der Waals surface area contributed by atoms with E-state index in [0.717, 1.165) is 17.5 Å². The van der Waals surface area contributed by atoms with Gasteiger partial charge in [-0.25, -0.2) is 0 Å². The van der Waals surface area contributed by atoms with Crippen molar-refractivity contribution in [2.75, 3.05) is 6.61 Å². The first-order chi connectivity index (χ1) is 9.10. The van der Waals surface area contributed by atoms with Crippen molar-refractivity contribution in [2.45, 2.75) is 39.5 Å². The fourth-order valence-corrected chi connectivity index (χ4v) is 2.33. The van der Waals surface area contributed by atoms with Gasteiger partial charge in [-0.3, -0.25) is 4.79 Å². The van der Waals surface area contributed by atoms with E-state index in [1.165, 1.54) is 0 Å². The molecule has 1 unspecified atom stereocenters. The molecule has 4 heteroatoms. The number of fused-ring (bicyclic) bond motifs is 1. The Balaban J connectivity index is 2.03. The molecule has 0 bridgehead atoms. The van der Waals surface area contributed by atoms with Crippen molar-refractivity contribution in [3.63, 3.8) is 0 Å². The highest BCUT2D eigenvalue weighted by atomic mass is 16.5. The van der Waals surface area contributed by atoms with Crippen LogP contribution in [0.1, 0.15) is 41.8 Å². The lowest BCUT2D eigenvalue weighted by Crippen LogP contribution is -2.38. The third-order valence-corrected chi connectivity index (χ3v) is 3.30. The predicted octanol–water partition coefficient (Wildman–Crippen LogP) is 1.85. The Hall–Kier alpha value is -1.39. The molecule has 1 atom stereocenters. The summed E-state index contributed by atoms with van der Waals surface area (Å²) in [6.45, 7) is 5.32. The van der Waals surface area contributed by atoms with Gasteiger partial charge < -0.3 is 15.2 Å². The Kier molecular flexibility index (Phi) is 4.56. The molecule has 1 aliphatic heterocycles. The number of rotatable bonds is 5. The van der Waals surface area contributed by atoms with Crippen molar-refractivity contribution in [1.29, 1.82) is 0 Å². The first-order valence-corrected chi connectivity index (χ1v) is 6.71. The molecule has 1 aromatic carbocycles. The van der Waals surface area contributed by atoms with Gasteiger partial charge in [0.15, 0.2) is 0 Å². The second-order valence-corrected chi connectivity index (χ2v) is 5.46. The maximum atomic E-state index is 12.1. The van der Waals surface area contributed by atoms with E-state index in [-0.39, 0.29) is 18.6 Å². The lowest BCUT2D eigenvalue weighted by atomic mass is 10.0. The lowest BCUT2D eigenvalue weighted by molar-refractivity contribution is 0.0908. The smallest absolute Gasteiger partial charge is 0.251 e. The van der Waals surface area contributed by atoms with Crippen molar-refractivity contribution in [3.8, 4) is 0 Å². The third-order valence-electron chi connectivity index (χ3n) is 3.30. The van der Waals surface area contributed by atoms with Crippen LogP contribution >= 0.6 is 0 Å². The number of ether oxygens (including phenoxy) is 1. The Labute approximate surface area is 113 Å². The number of amides is 1. The van der Waals surface area contributed by atoms with Crippen LogP contribution in [0.15, 0.2) is 18.2 Å². The van der Waals surface area contributed by atoms with Gasteiger partial charge in [0, 0.05) is 5.56 Å². The molecule has 0 aliphatic carbocycles. The van der Waals surface area contributed by atoms with Gasteiger partial charge in [-0.05, 0) is 35.6 Å². The normalized spacial score (nSPS) is 15.4. The van der Waals surface area contributed by atoms with Gasteiger partial charge in [0.1, 0.15) is 0 Å². The second kappa shape index (κ2) is 6.17. The molecule has 2 rings (SSSR count). The van der Waals surface area contributed by atoms with Crippen LogP contribution in [0.5, 0.6) is 0 Å². The van der Waals surface area contributed by atoms with E-state index in [4.69, 9.17) is 4.74 Å². The molecule has 1 heterocycles. The molecule has 1 amide bonds. The Bertz CT molecular complexity index is 457. The molecule has 0 saturated heterocycles. The van der Waals surface area contributed by atoms with E-state index in [2.05, 4.69) is 19.2 Å². The van der Waals surface area contributed by atoms with Gasteiger partial charge in [-0.1, -0.05) is 19.9 Å². The van der Waals surface area contributed by atoms with E-state index < -0.39 is 0 Å². The minimum atomic E-state index is -0.183. The number of nitrogens with one attached hydrogen (secondary N) is 1. The molecule has 0 radical (unpaired) electrons. The number of hydrogen-bond acceptors (Lipinski definition) is 3. The molecule has 19 heavy (non-hydrogen) atoms. The van der Waals surface area contributed by atoms with Gasteiger partial charge in [0.05, 0.1) is 25.9 Å². The van der Waals surface area contributed by atoms with Crippen LogP contribution in [0.4, 0.5) is 0 Å². The van der Waals surface area contributed by atoms with Crippen molar-refractivity contribution >= 4 is 5.91 Å². The van der Waals surface area contributed by atoms with E-state index in [0.29, 0.717) is 24.7 Å². The van der Waals surface area contributed by atoms with E-state index >= 15 is 0 Å². The van der Waals surface area contributed by atoms with Crippen LogP contribution in [-0.2, 0) is 18.0 Å². The summed E-state index contributed by atoms with van der Waals surface area (Å²) in [5.74, 6) is 0.306. The average molecular weight is 263 g/mol. The Morgan fingerprint density at radius 2 is 2.11 bits per heavy atom. The van der Waals surface area contributed by atoms with Crippen LogP contribution in [0.2, 0.25) is 0 Å². The monoisotopic (exact) mass is 263 g/mol. The highest BCUT2D eigenvalue weighted by molar-refractivity contribution is 5.94. The number of carbonyl (C=O) groups is 1. The molecule has 0 spiro atoms. The first kappa shape index (κ1) is 14.0. The lowest BCUT2D eigenvalue weighted by Gasteiger charge is -2.18. The molecule has 1 aromatic rings. The fourth-order valence-electron chi connectivity index (χ4n) is 2.33. The Morgan fingerprint density at radius 3 is 2.79 bits per heavy atom. The zero-order valence-corrected chi connectivity index (χ0v) is 11.5. The third kappa shape index (κ3) is 3.55. The SMILES string of the molecule is CC(C)CC(CO)NC(=O)c1ccc2c(c1)COC2. The van der Waals surface area contributed by atoms with Gasteiger partial charge in [-0.15, -0.1) is 0 Å². The van der Waals surface area contributed by atoms with Crippen molar-refractivity contribution in [1.82, 2.24) is 5.32 Å². The summed E-state index contributed by atoms with van der Waals surface area (Å²) in [6.07, 6.45) is 0.774. The van der Waals surface area contributed by atoms with Crippen molar-refractivity contribution in [2.24, 2.45) is 5.92 Å². The summed E-state index contributed by atoms with van der Waals surface area (Å²) >= 11 is 0. The number of aliphatic hydroxyl groups is 1. The molecule has 1 aliphatic rings. The van der Waals surface area contributed by atoms with Gasteiger partial charge in [0.2, 0.25) is 0 Å². The van der Waals surface area contributed by atoms with Crippen LogP contribution in [-0.4, -0.2) is 23.7 Å². The standard InChI is InChI=1S/C15H21NO3/c1-10(2)5-14(7-17)16-15(18)11-3-4-12-8-19-9-13(12)6-11/h3-4,6,10,14,17H,5,7-9H2,1-2H3,(H,16,18). The summed E-state index contributed by atoms with van der Waals surface area (Å²) in [7, 11) is 0. The van der Waals surface area contributed by atoms with E-state index in [1.54, 1.807) is 0 Å². The van der Waals surface area contributed by atoms with Gasteiger partial charge in [-0.2, -0.15) is 0 Å². The molecule has 0 saturated carbocycles. The van der Waals surface area contributed by atoms with Crippen LogP contribution < -0.4 is 5.32 Å². The van der Waals surface area contributed by atoms with E-state index in [1.807, 2.05) is 18.2 Å². The summed E-state index contributed by atoms with van der Waals surface area (Å²) in [6, 6.07) is 5.44. The number of hydrogen-bond donors (Lipinski definition) is 2. The van der Waals surface area contributed by atoms with Crippen LogP contribution in [0, 0.1) is 5.92 Å². The largest absolute Gasteiger partial charge is 0.394 e. The topological polar surface area (TPSA) is 58.6 Å². The first-order valence-electron chi connectivity index (χ1n) is 6.71. The Morgan fingerprint density at radius 1 is 1.37 bits per heavy atom. The summed E-state index contributed by atoms with van der Waals surface area (Å²) in [5, 5.41) is 12.2. The zero-order chi connectivity index (χ0) is 13.8. The van der Waals surface area contributed by atoms with E-state index in [9.17, 15) is 9.90 Å². The highest BCUT2D eigenvalue weighted by Crippen LogP contribution is 2.21. The fraction of sp³-hybridized carbons (Fsp3) is 0.533. The second-order valence-electron chi connectivity index (χ2n) is 5.46. The summed E-state index contributed by atoms with van der Waals surface area (Å²) < 4.78 is 5.33. The van der Waals surface area contributed by atoms with Crippen LogP contribution in [0.25, 0.3) is 0 Å². The number of benzene rings is 1. The van der Waals surface area contributed by atoms with Crippen molar-refractivity contribution < 1.29 is 14.6 Å². The zero-order valence-electron chi connectivity index (χ0n) is 11.5. The molecule has 4 nitrogen and oxygen atoms in total. The minimum Gasteiger partial charge on any atom is -0.394 e. The maximum Gasteiger partial charge on any atom is 0.251 e. The van der Waals surface area contributed by atoms with Gasteiger partial charge >= 0.3 is 0 Å². The summed E-state index contributed by atoms with van der Waals surface area (Å²) in [4.78, 5) is 12.1. The number of aliphatic hydroxyl groups excluding tert-OH is 1. The maximum absolute atomic E-state index is 12.1. The number of carbonyl (C=O) groups excluding carboxylic acids is 1. The molecule has 0 aromatic heterocycles. The van der Waals surface area contributed by atoms with Crippen molar-refractivity contribution in [3.05, 3.63) is 34.9 Å². The summed E-state index contributed by atoms with van der Waals surface area (Å²) in [5.41, 5.74) is 2.86. The molecular formula is C15H21NO3.